The number of nitrogens with zero attached hydrogens (tertiary/aromatic N) is 4. The molecular formula is C15H14N4. The maximum atomic E-state index is 8.78. The zero-order valence-electron chi connectivity index (χ0n) is 10.6. The zero-order valence-corrected chi connectivity index (χ0v) is 10.6. The normalized spacial score (nSPS) is 14.4. The molecule has 2 aromatic rings. The molecule has 3 rings (SSSR count). The Labute approximate surface area is 112 Å². The van der Waals surface area contributed by atoms with Crippen molar-refractivity contribution >= 4 is 11.5 Å². The minimum Gasteiger partial charge on any atom is -0.325 e. The average molecular weight is 250 g/mol. The molecule has 1 aliphatic heterocycles. The third kappa shape index (κ3) is 2.27. The van der Waals surface area contributed by atoms with Crippen LogP contribution < -0.4 is 4.90 Å². The van der Waals surface area contributed by atoms with E-state index in [0.29, 0.717) is 5.69 Å². The molecule has 0 fully saturated rings. The SMILES string of the molecule is N#Cc1cnc(N2CCCCc3ccccc32)cn1. The molecule has 94 valence electrons. The van der Waals surface area contributed by atoms with Gasteiger partial charge in [-0.05, 0) is 30.9 Å². The van der Waals surface area contributed by atoms with Crippen molar-refractivity contribution in [3.05, 3.63) is 47.9 Å². The molecular weight excluding hydrogens is 236 g/mol. The summed E-state index contributed by atoms with van der Waals surface area (Å²) in [7, 11) is 0. The van der Waals surface area contributed by atoms with Crippen molar-refractivity contribution < 1.29 is 0 Å². The summed E-state index contributed by atoms with van der Waals surface area (Å²) in [6.07, 6.45) is 6.65. The summed E-state index contributed by atoms with van der Waals surface area (Å²) in [5.41, 5.74) is 2.91. The summed E-state index contributed by atoms with van der Waals surface area (Å²) in [6, 6.07) is 10.4. The average Bonchev–Trinajstić information content (AvgIpc) is 2.70. The predicted molar refractivity (Wildman–Crippen MR) is 73.1 cm³/mol. The van der Waals surface area contributed by atoms with Gasteiger partial charge in [-0.25, -0.2) is 9.97 Å². The lowest BCUT2D eigenvalue weighted by molar-refractivity contribution is 0.757. The van der Waals surface area contributed by atoms with Crippen LogP contribution in [0.15, 0.2) is 36.7 Å². The second-order valence-corrected chi connectivity index (χ2v) is 4.61. The molecule has 0 amide bonds. The molecule has 0 radical (unpaired) electrons. The van der Waals surface area contributed by atoms with Crippen molar-refractivity contribution in [1.29, 1.82) is 5.26 Å². The molecule has 0 saturated heterocycles. The molecule has 0 bridgehead atoms. The van der Waals surface area contributed by atoms with E-state index >= 15 is 0 Å². The summed E-state index contributed by atoms with van der Waals surface area (Å²) in [5.74, 6) is 0.813. The summed E-state index contributed by atoms with van der Waals surface area (Å²) in [5, 5.41) is 8.78. The molecule has 1 aliphatic rings. The number of hydrogen-bond acceptors (Lipinski definition) is 4. The van der Waals surface area contributed by atoms with Crippen LogP contribution in [0.5, 0.6) is 0 Å². The highest BCUT2D eigenvalue weighted by molar-refractivity contribution is 5.64. The molecule has 0 saturated carbocycles. The number of rotatable bonds is 1. The van der Waals surface area contributed by atoms with Gasteiger partial charge in [-0.1, -0.05) is 18.2 Å². The van der Waals surface area contributed by atoms with Crippen LogP contribution in [-0.2, 0) is 6.42 Å². The van der Waals surface area contributed by atoms with Gasteiger partial charge in [0.15, 0.2) is 11.5 Å². The first-order chi connectivity index (χ1) is 9.38. The van der Waals surface area contributed by atoms with Crippen LogP contribution in [0.25, 0.3) is 0 Å². The van der Waals surface area contributed by atoms with Gasteiger partial charge in [-0.2, -0.15) is 5.26 Å². The maximum Gasteiger partial charge on any atom is 0.158 e. The number of nitriles is 1. The Morgan fingerprint density at radius 2 is 2.00 bits per heavy atom. The largest absolute Gasteiger partial charge is 0.325 e. The van der Waals surface area contributed by atoms with Gasteiger partial charge in [0.1, 0.15) is 6.07 Å². The van der Waals surface area contributed by atoms with Crippen molar-refractivity contribution in [2.75, 3.05) is 11.4 Å². The van der Waals surface area contributed by atoms with E-state index in [1.165, 1.54) is 23.9 Å². The van der Waals surface area contributed by atoms with E-state index in [1.54, 1.807) is 6.20 Å². The summed E-state index contributed by atoms with van der Waals surface area (Å²) in [6.45, 7) is 0.942. The Morgan fingerprint density at radius 3 is 2.79 bits per heavy atom. The van der Waals surface area contributed by atoms with Gasteiger partial charge >= 0.3 is 0 Å². The van der Waals surface area contributed by atoms with Crippen LogP contribution in [-0.4, -0.2) is 16.5 Å². The van der Waals surface area contributed by atoms with E-state index in [4.69, 9.17) is 5.26 Å². The quantitative estimate of drug-likeness (QED) is 0.781. The molecule has 1 aromatic carbocycles. The fourth-order valence-electron chi connectivity index (χ4n) is 2.45. The fourth-order valence-corrected chi connectivity index (χ4v) is 2.45. The lowest BCUT2D eigenvalue weighted by Crippen LogP contribution is -2.19. The number of anilines is 2. The van der Waals surface area contributed by atoms with E-state index < -0.39 is 0 Å². The van der Waals surface area contributed by atoms with Crippen LogP contribution in [0.1, 0.15) is 24.1 Å². The van der Waals surface area contributed by atoms with E-state index in [2.05, 4.69) is 33.1 Å². The number of fused-ring (bicyclic) bond motifs is 1. The van der Waals surface area contributed by atoms with Gasteiger partial charge in [0, 0.05) is 12.2 Å². The molecule has 0 atom stereocenters. The lowest BCUT2D eigenvalue weighted by atomic mass is 10.1. The predicted octanol–water partition coefficient (Wildman–Crippen LogP) is 2.82. The highest BCUT2D eigenvalue weighted by Crippen LogP contribution is 2.30. The van der Waals surface area contributed by atoms with Crippen LogP contribution >= 0.6 is 0 Å². The molecule has 0 spiro atoms. The van der Waals surface area contributed by atoms with Crippen LogP contribution in [0.3, 0.4) is 0 Å². The Bertz CT molecular complexity index is 613. The van der Waals surface area contributed by atoms with E-state index in [-0.39, 0.29) is 0 Å². The topological polar surface area (TPSA) is 52.8 Å². The second kappa shape index (κ2) is 5.07. The number of aromatic nitrogens is 2. The fraction of sp³-hybridized carbons (Fsp3) is 0.267. The van der Waals surface area contributed by atoms with Gasteiger partial charge in [-0.3, -0.25) is 0 Å². The van der Waals surface area contributed by atoms with Crippen LogP contribution in [0.2, 0.25) is 0 Å². The van der Waals surface area contributed by atoms with Gasteiger partial charge in [0.25, 0.3) is 0 Å². The Hall–Kier alpha value is -2.41. The zero-order chi connectivity index (χ0) is 13.1. The van der Waals surface area contributed by atoms with E-state index in [0.717, 1.165) is 25.2 Å². The first-order valence-electron chi connectivity index (χ1n) is 6.46. The Balaban J connectivity index is 2.01. The number of aryl methyl sites for hydroxylation is 1. The maximum absolute atomic E-state index is 8.78. The second-order valence-electron chi connectivity index (χ2n) is 4.61. The number of para-hydroxylation sites is 1. The van der Waals surface area contributed by atoms with E-state index in [9.17, 15) is 0 Å². The van der Waals surface area contributed by atoms with Gasteiger partial charge in [-0.15, -0.1) is 0 Å². The van der Waals surface area contributed by atoms with Crippen molar-refractivity contribution in [3.8, 4) is 6.07 Å². The summed E-state index contributed by atoms with van der Waals surface area (Å²) >= 11 is 0. The molecule has 4 heteroatoms. The first kappa shape index (κ1) is 11.7. The standard InChI is InChI=1S/C15H14N4/c16-9-13-10-18-15(11-17-13)19-8-4-3-6-12-5-1-2-7-14(12)19/h1-2,5,7,10-11H,3-4,6,8H2. The van der Waals surface area contributed by atoms with Gasteiger partial charge in [0.05, 0.1) is 12.4 Å². The molecule has 2 heterocycles. The third-order valence-electron chi connectivity index (χ3n) is 3.39. The van der Waals surface area contributed by atoms with Crippen molar-refractivity contribution in [2.24, 2.45) is 0 Å². The lowest BCUT2D eigenvalue weighted by Gasteiger charge is -2.23. The molecule has 0 unspecified atom stereocenters. The highest BCUT2D eigenvalue weighted by Gasteiger charge is 2.17. The van der Waals surface area contributed by atoms with Crippen molar-refractivity contribution in [1.82, 2.24) is 9.97 Å². The van der Waals surface area contributed by atoms with Crippen LogP contribution in [0.4, 0.5) is 11.5 Å². The minimum atomic E-state index is 0.354. The molecule has 0 aliphatic carbocycles. The number of hydrogen-bond donors (Lipinski definition) is 0. The number of benzene rings is 1. The smallest absolute Gasteiger partial charge is 0.158 e. The molecule has 4 nitrogen and oxygen atoms in total. The molecule has 1 aromatic heterocycles. The third-order valence-corrected chi connectivity index (χ3v) is 3.39. The Morgan fingerprint density at radius 1 is 1.11 bits per heavy atom. The van der Waals surface area contributed by atoms with Gasteiger partial charge in [0.2, 0.25) is 0 Å². The van der Waals surface area contributed by atoms with E-state index in [1.807, 2.05) is 12.1 Å². The summed E-state index contributed by atoms with van der Waals surface area (Å²) < 4.78 is 0. The molecule has 0 N–H and O–H groups in total. The summed E-state index contributed by atoms with van der Waals surface area (Å²) in [4.78, 5) is 10.7. The highest BCUT2D eigenvalue weighted by atomic mass is 15.2. The van der Waals surface area contributed by atoms with Crippen LogP contribution in [0, 0.1) is 11.3 Å². The first-order valence-corrected chi connectivity index (χ1v) is 6.46. The monoisotopic (exact) mass is 250 g/mol. The minimum absolute atomic E-state index is 0.354. The van der Waals surface area contributed by atoms with Crippen molar-refractivity contribution in [3.63, 3.8) is 0 Å². The Kier molecular flexibility index (Phi) is 3.11. The van der Waals surface area contributed by atoms with Crippen molar-refractivity contribution in [2.45, 2.75) is 19.3 Å². The van der Waals surface area contributed by atoms with Gasteiger partial charge < -0.3 is 4.90 Å². The molecule has 19 heavy (non-hydrogen) atoms.